The fourth-order valence-corrected chi connectivity index (χ4v) is 2.90. The van der Waals surface area contributed by atoms with Gasteiger partial charge in [-0.25, -0.2) is 0 Å². The molecule has 2 saturated heterocycles. The van der Waals surface area contributed by atoms with E-state index in [1.54, 1.807) is 0 Å². The van der Waals surface area contributed by atoms with Crippen LogP contribution >= 0.6 is 0 Å². The van der Waals surface area contributed by atoms with Crippen LogP contribution in [0.3, 0.4) is 0 Å². The van der Waals surface area contributed by atoms with E-state index in [-0.39, 0.29) is 6.10 Å². The van der Waals surface area contributed by atoms with Crippen molar-refractivity contribution < 1.29 is 9.53 Å². The number of amides is 1. The minimum absolute atomic E-state index is 0.276. The van der Waals surface area contributed by atoms with Gasteiger partial charge in [-0.1, -0.05) is 0 Å². The largest absolute Gasteiger partial charge is 0.376 e. The van der Waals surface area contributed by atoms with Crippen molar-refractivity contribution in [1.82, 2.24) is 10.2 Å². The van der Waals surface area contributed by atoms with Crippen LogP contribution in [0.1, 0.15) is 45.4 Å². The minimum atomic E-state index is 0.276. The van der Waals surface area contributed by atoms with Crippen molar-refractivity contribution in [2.75, 3.05) is 26.2 Å². The monoisotopic (exact) mass is 254 g/mol. The number of likely N-dealkylation sites (N-methyl/N-ethyl adjacent to an activating group) is 1. The van der Waals surface area contributed by atoms with Crippen molar-refractivity contribution in [3.05, 3.63) is 0 Å². The Morgan fingerprint density at radius 1 is 1.39 bits per heavy atom. The molecule has 0 bridgehead atoms. The van der Waals surface area contributed by atoms with Gasteiger partial charge in [-0.2, -0.15) is 0 Å². The number of carbonyl (C=O) groups excluding carboxylic acids is 1. The van der Waals surface area contributed by atoms with Gasteiger partial charge in [0.15, 0.2) is 0 Å². The van der Waals surface area contributed by atoms with Gasteiger partial charge < -0.3 is 15.0 Å². The number of hydrogen-bond acceptors (Lipinski definition) is 3. The Balaban J connectivity index is 1.70. The van der Waals surface area contributed by atoms with Crippen LogP contribution in [0.2, 0.25) is 0 Å². The zero-order valence-electron chi connectivity index (χ0n) is 11.5. The predicted molar refractivity (Wildman–Crippen MR) is 71.5 cm³/mol. The molecule has 0 saturated carbocycles. The first-order chi connectivity index (χ1) is 8.79. The molecular weight excluding hydrogens is 228 g/mol. The quantitative estimate of drug-likeness (QED) is 0.782. The molecule has 4 nitrogen and oxygen atoms in total. The Morgan fingerprint density at radius 2 is 2.28 bits per heavy atom. The molecular formula is C14H26N2O2. The molecule has 0 radical (unpaired) electrons. The second-order valence-corrected chi connectivity index (χ2v) is 5.40. The zero-order chi connectivity index (χ0) is 12.8. The van der Waals surface area contributed by atoms with Crippen molar-refractivity contribution in [2.24, 2.45) is 0 Å². The summed E-state index contributed by atoms with van der Waals surface area (Å²) in [6.07, 6.45) is 6.67. The molecule has 104 valence electrons. The van der Waals surface area contributed by atoms with Gasteiger partial charge in [0.05, 0.1) is 6.10 Å². The lowest BCUT2D eigenvalue weighted by Crippen LogP contribution is -2.37. The lowest BCUT2D eigenvalue weighted by molar-refractivity contribution is -0.132. The molecule has 0 aromatic carbocycles. The molecule has 2 unspecified atom stereocenters. The number of rotatable bonds is 6. The molecule has 18 heavy (non-hydrogen) atoms. The first-order valence-electron chi connectivity index (χ1n) is 7.42. The van der Waals surface area contributed by atoms with Gasteiger partial charge in [0.1, 0.15) is 0 Å². The summed E-state index contributed by atoms with van der Waals surface area (Å²) >= 11 is 0. The highest BCUT2D eigenvalue weighted by molar-refractivity contribution is 5.76. The number of carbonyl (C=O) groups is 1. The van der Waals surface area contributed by atoms with E-state index in [9.17, 15) is 4.79 Å². The van der Waals surface area contributed by atoms with E-state index in [0.29, 0.717) is 18.4 Å². The van der Waals surface area contributed by atoms with Gasteiger partial charge in [-0.3, -0.25) is 4.79 Å². The third kappa shape index (κ3) is 3.95. The average Bonchev–Trinajstić information content (AvgIpc) is 3.06. The summed E-state index contributed by atoms with van der Waals surface area (Å²) in [7, 11) is 0. The maximum Gasteiger partial charge on any atom is 0.222 e. The molecule has 1 amide bonds. The Bertz CT molecular complexity index is 259. The van der Waals surface area contributed by atoms with Gasteiger partial charge in [-0.15, -0.1) is 0 Å². The SMILES string of the molecule is CCN(CC1CCCO1)C(=O)CCC1CCCN1. The van der Waals surface area contributed by atoms with Crippen molar-refractivity contribution in [1.29, 1.82) is 0 Å². The maximum atomic E-state index is 12.2. The van der Waals surface area contributed by atoms with E-state index in [1.165, 1.54) is 12.8 Å². The standard InChI is InChI=1S/C14H26N2O2/c1-2-16(11-13-6-4-10-18-13)14(17)8-7-12-5-3-9-15-12/h12-13,15H,2-11H2,1H3. The number of nitrogens with one attached hydrogen (secondary N) is 1. The highest BCUT2D eigenvalue weighted by atomic mass is 16.5. The van der Waals surface area contributed by atoms with E-state index < -0.39 is 0 Å². The van der Waals surface area contributed by atoms with E-state index in [2.05, 4.69) is 12.2 Å². The fourth-order valence-electron chi connectivity index (χ4n) is 2.90. The van der Waals surface area contributed by atoms with Crippen molar-refractivity contribution in [2.45, 2.75) is 57.6 Å². The van der Waals surface area contributed by atoms with Gasteiger partial charge in [0.25, 0.3) is 0 Å². The topological polar surface area (TPSA) is 41.6 Å². The van der Waals surface area contributed by atoms with Crippen LogP contribution in [0.5, 0.6) is 0 Å². The van der Waals surface area contributed by atoms with Gasteiger partial charge in [0.2, 0.25) is 5.91 Å². The first kappa shape index (κ1) is 13.8. The van der Waals surface area contributed by atoms with Gasteiger partial charge >= 0.3 is 0 Å². The fraction of sp³-hybridized carbons (Fsp3) is 0.929. The lowest BCUT2D eigenvalue weighted by atomic mass is 10.1. The van der Waals surface area contributed by atoms with E-state index in [0.717, 1.165) is 45.5 Å². The normalized spacial score (nSPS) is 27.6. The van der Waals surface area contributed by atoms with Crippen molar-refractivity contribution in [3.63, 3.8) is 0 Å². The average molecular weight is 254 g/mol. The molecule has 1 N–H and O–H groups in total. The Labute approximate surface area is 110 Å². The van der Waals surface area contributed by atoms with Crippen LogP contribution in [0.4, 0.5) is 0 Å². The highest BCUT2D eigenvalue weighted by Crippen LogP contribution is 2.15. The molecule has 2 fully saturated rings. The molecule has 0 aromatic rings. The van der Waals surface area contributed by atoms with Gasteiger partial charge in [-0.05, 0) is 45.6 Å². The molecule has 4 heteroatoms. The summed E-state index contributed by atoms with van der Waals surface area (Å²) in [5, 5.41) is 3.45. The third-order valence-electron chi connectivity index (χ3n) is 4.05. The summed E-state index contributed by atoms with van der Waals surface area (Å²) in [6.45, 7) is 5.62. The van der Waals surface area contributed by atoms with Crippen LogP contribution in [0, 0.1) is 0 Å². The number of ether oxygens (including phenoxy) is 1. The Morgan fingerprint density at radius 3 is 2.89 bits per heavy atom. The maximum absolute atomic E-state index is 12.2. The van der Waals surface area contributed by atoms with Crippen LogP contribution in [0.15, 0.2) is 0 Å². The van der Waals surface area contributed by atoms with Crippen LogP contribution in [0.25, 0.3) is 0 Å². The highest BCUT2D eigenvalue weighted by Gasteiger charge is 2.22. The number of nitrogens with zero attached hydrogens (tertiary/aromatic N) is 1. The van der Waals surface area contributed by atoms with Crippen LogP contribution in [-0.4, -0.2) is 49.2 Å². The van der Waals surface area contributed by atoms with Crippen LogP contribution in [-0.2, 0) is 9.53 Å². The molecule has 0 aliphatic carbocycles. The second kappa shape index (κ2) is 7.10. The Kier molecular flexibility index (Phi) is 5.45. The molecule has 2 aliphatic heterocycles. The van der Waals surface area contributed by atoms with Gasteiger partial charge in [0, 0.05) is 32.2 Å². The first-order valence-corrected chi connectivity index (χ1v) is 7.42. The third-order valence-corrected chi connectivity index (χ3v) is 4.05. The summed E-state index contributed by atoms with van der Waals surface area (Å²) in [5.74, 6) is 0.293. The van der Waals surface area contributed by atoms with E-state index in [4.69, 9.17) is 4.74 Å². The van der Waals surface area contributed by atoms with Crippen LogP contribution < -0.4 is 5.32 Å². The molecule has 2 aliphatic rings. The van der Waals surface area contributed by atoms with Crippen molar-refractivity contribution in [3.8, 4) is 0 Å². The molecule has 2 atom stereocenters. The molecule has 0 spiro atoms. The number of hydrogen-bond donors (Lipinski definition) is 1. The summed E-state index contributed by atoms with van der Waals surface area (Å²) in [5.41, 5.74) is 0. The Hall–Kier alpha value is -0.610. The minimum Gasteiger partial charge on any atom is -0.376 e. The zero-order valence-corrected chi connectivity index (χ0v) is 11.5. The molecule has 2 rings (SSSR count). The summed E-state index contributed by atoms with van der Waals surface area (Å²) < 4.78 is 5.61. The van der Waals surface area contributed by atoms with Crippen molar-refractivity contribution >= 4 is 5.91 Å². The summed E-state index contributed by atoms with van der Waals surface area (Å²) in [4.78, 5) is 14.1. The summed E-state index contributed by atoms with van der Waals surface area (Å²) in [6, 6.07) is 0.565. The predicted octanol–water partition coefficient (Wildman–Crippen LogP) is 1.55. The smallest absolute Gasteiger partial charge is 0.222 e. The molecule has 2 heterocycles. The van der Waals surface area contributed by atoms with E-state index in [1.807, 2.05) is 4.90 Å². The lowest BCUT2D eigenvalue weighted by Gasteiger charge is -2.24. The van der Waals surface area contributed by atoms with E-state index >= 15 is 0 Å². The molecule has 0 aromatic heterocycles. The second-order valence-electron chi connectivity index (χ2n) is 5.40.